The number of ether oxygens (including phenoxy) is 3. The van der Waals surface area contributed by atoms with Crippen LogP contribution >= 0.6 is 0 Å². The molecular weight excluding hydrogens is 453 g/mol. The molecule has 1 aliphatic rings. The van der Waals surface area contributed by atoms with E-state index in [1.54, 1.807) is 0 Å². The Hall–Kier alpha value is -3.76. The van der Waals surface area contributed by atoms with Crippen LogP contribution in [-0.2, 0) is 17.9 Å². The number of amides is 1. The molecule has 184 valence electrons. The van der Waals surface area contributed by atoms with E-state index in [1.807, 2.05) is 12.1 Å². The zero-order valence-electron chi connectivity index (χ0n) is 19.7. The van der Waals surface area contributed by atoms with Gasteiger partial charge in [0.25, 0.3) is 5.91 Å². The first-order valence-electron chi connectivity index (χ1n) is 11.2. The van der Waals surface area contributed by atoms with Crippen LogP contribution in [0.25, 0.3) is 0 Å². The highest BCUT2D eigenvalue weighted by Gasteiger charge is 2.16. The lowest BCUT2D eigenvalue weighted by Gasteiger charge is -2.26. The maximum absolute atomic E-state index is 14.6. The van der Waals surface area contributed by atoms with Crippen LogP contribution in [-0.4, -0.2) is 61.2 Å². The number of hydrogen-bond acceptors (Lipinski definition) is 8. The summed E-state index contributed by atoms with van der Waals surface area (Å²) in [6.45, 7) is 4.23. The van der Waals surface area contributed by atoms with E-state index >= 15 is 0 Å². The Morgan fingerprint density at radius 2 is 1.86 bits per heavy atom. The highest BCUT2D eigenvalue weighted by molar-refractivity contribution is 5.94. The number of carbonyl (C=O) groups is 1. The number of carbonyl (C=O) groups excluding carboxylic acids is 1. The van der Waals surface area contributed by atoms with Crippen molar-refractivity contribution in [3.05, 3.63) is 71.3 Å². The predicted molar refractivity (Wildman–Crippen MR) is 129 cm³/mol. The second-order valence-electron chi connectivity index (χ2n) is 7.97. The molecule has 35 heavy (non-hydrogen) atoms. The summed E-state index contributed by atoms with van der Waals surface area (Å²) >= 11 is 0. The Bertz CT molecular complexity index is 1140. The molecular formula is C25H28FN5O4. The fourth-order valence-corrected chi connectivity index (χ4v) is 3.64. The van der Waals surface area contributed by atoms with Gasteiger partial charge in [0.15, 0.2) is 17.3 Å². The molecule has 10 heteroatoms. The molecule has 1 aliphatic heterocycles. The average Bonchev–Trinajstić information content (AvgIpc) is 2.90. The zero-order chi connectivity index (χ0) is 24.6. The molecule has 0 saturated carbocycles. The molecule has 0 atom stereocenters. The lowest BCUT2D eigenvalue weighted by molar-refractivity contribution is 0.0342. The third-order valence-corrected chi connectivity index (χ3v) is 5.57. The van der Waals surface area contributed by atoms with E-state index in [1.165, 1.54) is 44.2 Å². The van der Waals surface area contributed by atoms with Gasteiger partial charge < -0.3 is 24.8 Å². The van der Waals surface area contributed by atoms with Crippen molar-refractivity contribution in [1.29, 1.82) is 0 Å². The number of halogens is 1. The summed E-state index contributed by atoms with van der Waals surface area (Å²) in [6, 6.07) is 10.9. The molecule has 2 heterocycles. The number of nitrogens with zero attached hydrogens (tertiary/aromatic N) is 3. The SMILES string of the molecule is CNC(=O)c1cc(COc2cnc(Nc3ccc(CN4CCOCC4)cc3)nc2)c(F)c(OC)c1. The molecule has 0 aliphatic carbocycles. The second kappa shape index (κ2) is 11.6. The van der Waals surface area contributed by atoms with Crippen molar-refractivity contribution in [3.8, 4) is 11.5 Å². The number of benzene rings is 2. The monoisotopic (exact) mass is 481 g/mol. The lowest BCUT2D eigenvalue weighted by atomic mass is 10.1. The molecule has 2 N–H and O–H groups in total. The molecule has 0 bridgehead atoms. The zero-order valence-corrected chi connectivity index (χ0v) is 19.7. The normalized spacial score (nSPS) is 13.8. The van der Waals surface area contributed by atoms with E-state index in [2.05, 4.69) is 37.6 Å². The van der Waals surface area contributed by atoms with Crippen molar-refractivity contribution < 1.29 is 23.4 Å². The smallest absolute Gasteiger partial charge is 0.251 e. The van der Waals surface area contributed by atoms with Gasteiger partial charge in [-0.2, -0.15) is 0 Å². The summed E-state index contributed by atoms with van der Waals surface area (Å²) < 4.78 is 30.7. The van der Waals surface area contributed by atoms with Gasteiger partial charge in [-0.25, -0.2) is 14.4 Å². The van der Waals surface area contributed by atoms with Crippen molar-refractivity contribution in [3.63, 3.8) is 0 Å². The maximum Gasteiger partial charge on any atom is 0.251 e. The fourth-order valence-electron chi connectivity index (χ4n) is 3.64. The topological polar surface area (TPSA) is 97.8 Å². The molecule has 9 nitrogen and oxygen atoms in total. The highest BCUT2D eigenvalue weighted by Crippen LogP contribution is 2.25. The van der Waals surface area contributed by atoms with Crippen LogP contribution in [0.1, 0.15) is 21.5 Å². The number of methoxy groups -OCH3 is 1. The Kier molecular flexibility index (Phi) is 8.07. The minimum absolute atomic E-state index is 0.0311. The molecule has 4 rings (SSSR count). The largest absolute Gasteiger partial charge is 0.494 e. The molecule has 0 radical (unpaired) electrons. The quantitative estimate of drug-likeness (QED) is 0.481. The molecule has 1 saturated heterocycles. The minimum atomic E-state index is -0.587. The van der Waals surface area contributed by atoms with Gasteiger partial charge in [0.1, 0.15) is 6.61 Å². The van der Waals surface area contributed by atoms with Gasteiger partial charge in [-0.3, -0.25) is 9.69 Å². The van der Waals surface area contributed by atoms with Crippen molar-refractivity contribution >= 4 is 17.5 Å². The summed E-state index contributed by atoms with van der Waals surface area (Å²) in [5.74, 6) is -0.196. The maximum atomic E-state index is 14.6. The van der Waals surface area contributed by atoms with Crippen LogP contribution < -0.4 is 20.1 Å². The third kappa shape index (κ3) is 6.43. The number of rotatable bonds is 9. The Morgan fingerprint density at radius 1 is 1.14 bits per heavy atom. The van der Waals surface area contributed by atoms with Crippen LogP contribution in [0.2, 0.25) is 0 Å². The molecule has 1 fully saturated rings. The van der Waals surface area contributed by atoms with Crippen LogP contribution in [0.4, 0.5) is 16.0 Å². The number of nitrogens with one attached hydrogen (secondary N) is 2. The summed E-state index contributed by atoms with van der Waals surface area (Å²) in [6.07, 6.45) is 3.00. The Balaban J connectivity index is 1.34. The van der Waals surface area contributed by atoms with Crippen molar-refractivity contribution in [2.24, 2.45) is 0 Å². The first-order valence-corrected chi connectivity index (χ1v) is 11.2. The highest BCUT2D eigenvalue weighted by atomic mass is 19.1. The molecule has 1 amide bonds. The molecule has 3 aromatic rings. The van der Waals surface area contributed by atoms with Crippen LogP contribution in [0, 0.1) is 5.82 Å². The van der Waals surface area contributed by atoms with Gasteiger partial charge in [-0.15, -0.1) is 0 Å². The molecule has 0 unspecified atom stereocenters. The van der Waals surface area contributed by atoms with Gasteiger partial charge >= 0.3 is 0 Å². The third-order valence-electron chi connectivity index (χ3n) is 5.57. The number of morpholine rings is 1. The molecule has 0 spiro atoms. The first-order chi connectivity index (χ1) is 17.1. The van der Waals surface area contributed by atoms with E-state index in [4.69, 9.17) is 14.2 Å². The predicted octanol–water partition coefficient (Wildman–Crippen LogP) is 3.14. The number of hydrogen-bond donors (Lipinski definition) is 2. The summed E-state index contributed by atoms with van der Waals surface area (Å²) in [5.41, 5.74) is 2.55. The Morgan fingerprint density at radius 3 is 2.51 bits per heavy atom. The second-order valence-corrected chi connectivity index (χ2v) is 7.97. The van der Waals surface area contributed by atoms with Gasteiger partial charge in [0.2, 0.25) is 5.95 Å². The summed E-state index contributed by atoms with van der Waals surface area (Å²) in [5, 5.41) is 5.66. The van der Waals surface area contributed by atoms with E-state index in [9.17, 15) is 9.18 Å². The van der Waals surface area contributed by atoms with Crippen LogP contribution in [0.3, 0.4) is 0 Å². The molecule has 1 aromatic heterocycles. The van der Waals surface area contributed by atoms with E-state index < -0.39 is 5.82 Å². The van der Waals surface area contributed by atoms with Gasteiger partial charge in [-0.1, -0.05) is 12.1 Å². The van der Waals surface area contributed by atoms with Crippen LogP contribution in [0.15, 0.2) is 48.8 Å². The standard InChI is InChI=1S/C25H28FN5O4/c1-27-24(32)18-11-19(23(26)22(12-18)33-2)16-35-21-13-28-25(29-14-21)30-20-5-3-17(4-6-20)15-31-7-9-34-10-8-31/h3-6,11-14H,7-10,15-16H2,1-2H3,(H,27,32)(H,28,29,30). The number of anilines is 2. The van der Waals surface area contributed by atoms with Gasteiger partial charge in [0.05, 0.1) is 32.7 Å². The van der Waals surface area contributed by atoms with Crippen molar-refractivity contribution in [2.75, 3.05) is 45.8 Å². The molecule has 2 aromatic carbocycles. The van der Waals surface area contributed by atoms with Crippen LogP contribution in [0.5, 0.6) is 11.5 Å². The fraction of sp³-hybridized carbons (Fsp3) is 0.320. The van der Waals surface area contributed by atoms with Crippen molar-refractivity contribution in [1.82, 2.24) is 20.2 Å². The van der Waals surface area contributed by atoms with Gasteiger partial charge in [0, 0.05) is 43.5 Å². The summed E-state index contributed by atoms with van der Waals surface area (Å²) in [7, 11) is 2.84. The summed E-state index contributed by atoms with van der Waals surface area (Å²) in [4.78, 5) is 22.8. The minimum Gasteiger partial charge on any atom is -0.494 e. The van der Waals surface area contributed by atoms with E-state index in [-0.39, 0.29) is 29.4 Å². The van der Waals surface area contributed by atoms with Crippen molar-refractivity contribution in [2.45, 2.75) is 13.2 Å². The van der Waals surface area contributed by atoms with Gasteiger partial charge in [-0.05, 0) is 29.8 Å². The van der Waals surface area contributed by atoms with E-state index in [0.29, 0.717) is 11.7 Å². The average molecular weight is 482 g/mol. The Labute approximate surface area is 203 Å². The number of aromatic nitrogens is 2. The first kappa shape index (κ1) is 24.4. The lowest BCUT2D eigenvalue weighted by Crippen LogP contribution is -2.35. The van der Waals surface area contributed by atoms with E-state index in [0.717, 1.165) is 38.5 Å².